The molecule has 1 unspecified atom stereocenters. The highest BCUT2D eigenvalue weighted by Gasteiger charge is 2.33. The minimum Gasteiger partial charge on any atom is -0.266 e. The molecule has 3 rings (SSSR count). The van der Waals surface area contributed by atoms with Crippen molar-refractivity contribution in [3.63, 3.8) is 0 Å². The van der Waals surface area contributed by atoms with Crippen LogP contribution in [-0.2, 0) is 10.0 Å². The molecule has 1 aromatic rings. The van der Waals surface area contributed by atoms with Gasteiger partial charge in [0.2, 0.25) is 0 Å². The van der Waals surface area contributed by atoms with Crippen LogP contribution < -0.4 is 4.72 Å². The lowest BCUT2D eigenvalue weighted by Crippen LogP contribution is -2.26. The van der Waals surface area contributed by atoms with Crippen LogP contribution in [0.4, 0.5) is 0 Å². The lowest BCUT2D eigenvalue weighted by Gasteiger charge is -2.19. The summed E-state index contributed by atoms with van der Waals surface area (Å²) in [4.78, 5) is 4.85. The lowest BCUT2D eigenvalue weighted by molar-refractivity contribution is 0.594. The minimum absolute atomic E-state index is 0.149. The topological polar surface area (TPSA) is 58.5 Å². The SMILES string of the molecule is CC1(CN=C2NS(=O)(=O)c3ccccc32)CCCS1. The molecule has 102 valence electrons. The van der Waals surface area contributed by atoms with E-state index in [9.17, 15) is 8.42 Å². The standard InChI is InChI=1S/C13H16N2O2S2/c1-13(7-4-8-18-13)9-14-12-10-5-2-3-6-11(10)19(16,17)15-12/h2-3,5-6H,4,7-9H2,1H3,(H,14,15). The van der Waals surface area contributed by atoms with Gasteiger partial charge in [0.1, 0.15) is 5.84 Å². The third kappa shape index (κ3) is 2.39. The number of hydrogen-bond acceptors (Lipinski definition) is 4. The van der Waals surface area contributed by atoms with E-state index in [0.717, 1.165) is 6.42 Å². The van der Waals surface area contributed by atoms with Gasteiger partial charge in [-0.1, -0.05) is 12.1 Å². The first-order valence-corrected chi connectivity index (χ1v) is 8.78. The zero-order valence-corrected chi connectivity index (χ0v) is 12.4. The van der Waals surface area contributed by atoms with E-state index in [2.05, 4.69) is 16.6 Å². The molecule has 4 nitrogen and oxygen atoms in total. The highest BCUT2D eigenvalue weighted by Crippen LogP contribution is 2.38. The molecule has 6 heteroatoms. The Labute approximate surface area is 117 Å². The van der Waals surface area contributed by atoms with E-state index in [-0.39, 0.29) is 4.75 Å². The van der Waals surface area contributed by atoms with Crippen molar-refractivity contribution in [2.75, 3.05) is 12.3 Å². The van der Waals surface area contributed by atoms with E-state index >= 15 is 0 Å². The van der Waals surface area contributed by atoms with Gasteiger partial charge < -0.3 is 0 Å². The van der Waals surface area contributed by atoms with E-state index in [1.54, 1.807) is 18.2 Å². The van der Waals surface area contributed by atoms with E-state index < -0.39 is 10.0 Å². The molecule has 0 aliphatic carbocycles. The van der Waals surface area contributed by atoms with Crippen LogP contribution in [0.25, 0.3) is 0 Å². The number of aliphatic imine (C=N–C) groups is 1. The average Bonchev–Trinajstić information content (AvgIpc) is 2.91. The van der Waals surface area contributed by atoms with Gasteiger partial charge in [0.15, 0.2) is 0 Å². The number of nitrogens with one attached hydrogen (secondary N) is 1. The molecule has 2 aliphatic rings. The number of nitrogens with zero attached hydrogens (tertiary/aromatic N) is 1. The van der Waals surface area contributed by atoms with Crippen molar-refractivity contribution in [2.45, 2.75) is 29.4 Å². The van der Waals surface area contributed by atoms with Gasteiger partial charge in [0, 0.05) is 10.3 Å². The number of sulfonamides is 1. The van der Waals surface area contributed by atoms with Gasteiger partial charge in [-0.15, -0.1) is 0 Å². The number of hydrogen-bond donors (Lipinski definition) is 1. The van der Waals surface area contributed by atoms with E-state index in [0.29, 0.717) is 22.8 Å². The molecule has 1 aromatic carbocycles. The highest BCUT2D eigenvalue weighted by atomic mass is 32.2. The Balaban J connectivity index is 1.91. The molecule has 0 saturated carbocycles. The molecule has 1 fully saturated rings. The molecule has 1 N–H and O–H groups in total. The number of amidine groups is 1. The van der Waals surface area contributed by atoms with Gasteiger partial charge >= 0.3 is 0 Å². The monoisotopic (exact) mass is 296 g/mol. The summed E-state index contributed by atoms with van der Waals surface area (Å²) in [6, 6.07) is 6.99. The van der Waals surface area contributed by atoms with Crippen LogP contribution in [0.3, 0.4) is 0 Å². The van der Waals surface area contributed by atoms with Crippen molar-refractivity contribution in [3.05, 3.63) is 29.8 Å². The Morgan fingerprint density at radius 2 is 2.21 bits per heavy atom. The number of fused-ring (bicyclic) bond motifs is 1. The van der Waals surface area contributed by atoms with E-state index in [4.69, 9.17) is 0 Å². The van der Waals surface area contributed by atoms with Crippen LogP contribution in [0, 0.1) is 0 Å². The summed E-state index contributed by atoms with van der Waals surface area (Å²) >= 11 is 1.92. The summed E-state index contributed by atoms with van der Waals surface area (Å²) in [5.74, 6) is 1.66. The van der Waals surface area contributed by atoms with E-state index in [1.165, 1.54) is 12.2 Å². The predicted octanol–water partition coefficient (Wildman–Crippen LogP) is 2.01. The average molecular weight is 296 g/mol. The largest absolute Gasteiger partial charge is 0.266 e. The summed E-state index contributed by atoms with van der Waals surface area (Å²) in [6.45, 7) is 2.86. The molecule has 0 aromatic heterocycles. The zero-order chi connectivity index (χ0) is 13.5. The second-order valence-electron chi connectivity index (χ2n) is 5.17. The first kappa shape index (κ1) is 13.0. The molecule has 2 aliphatic heterocycles. The summed E-state index contributed by atoms with van der Waals surface area (Å²) in [5.41, 5.74) is 0.689. The highest BCUT2D eigenvalue weighted by molar-refractivity contribution is 8.00. The van der Waals surface area contributed by atoms with Crippen molar-refractivity contribution in [1.82, 2.24) is 4.72 Å². The van der Waals surface area contributed by atoms with Crippen LogP contribution in [0.2, 0.25) is 0 Å². The Kier molecular flexibility index (Phi) is 3.09. The third-order valence-electron chi connectivity index (χ3n) is 3.53. The number of rotatable bonds is 2. The van der Waals surface area contributed by atoms with Crippen molar-refractivity contribution in [1.29, 1.82) is 0 Å². The van der Waals surface area contributed by atoms with Gasteiger partial charge in [-0.3, -0.25) is 9.71 Å². The third-order valence-corrected chi connectivity index (χ3v) is 6.45. The van der Waals surface area contributed by atoms with Crippen molar-refractivity contribution in [3.8, 4) is 0 Å². The maximum absolute atomic E-state index is 11.9. The first-order chi connectivity index (χ1) is 9.00. The molecule has 0 spiro atoms. The molecule has 19 heavy (non-hydrogen) atoms. The van der Waals surface area contributed by atoms with Crippen LogP contribution in [0.5, 0.6) is 0 Å². The quantitative estimate of drug-likeness (QED) is 0.908. The molecule has 0 bridgehead atoms. The molecular formula is C13H16N2O2S2. The molecule has 0 radical (unpaired) electrons. The Morgan fingerprint density at radius 3 is 2.95 bits per heavy atom. The fourth-order valence-electron chi connectivity index (χ4n) is 2.46. The predicted molar refractivity (Wildman–Crippen MR) is 78.3 cm³/mol. The van der Waals surface area contributed by atoms with Gasteiger partial charge in [0.05, 0.1) is 11.4 Å². The van der Waals surface area contributed by atoms with Gasteiger partial charge in [0.25, 0.3) is 10.0 Å². The van der Waals surface area contributed by atoms with Crippen LogP contribution in [-0.4, -0.2) is 31.3 Å². The lowest BCUT2D eigenvalue weighted by atomic mass is 10.1. The van der Waals surface area contributed by atoms with Crippen LogP contribution >= 0.6 is 11.8 Å². The first-order valence-electron chi connectivity index (χ1n) is 6.31. The number of thioether (sulfide) groups is 1. The van der Waals surface area contributed by atoms with Crippen LogP contribution in [0.1, 0.15) is 25.3 Å². The fraction of sp³-hybridized carbons (Fsp3) is 0.462. The smallest absolute Gasteiger partial charge is 0.263 e. The summed E-state index contributed by atoms with van der Waals surface area (Å²) in [5, 5.41) is 0. The Bertz CT molecular complexity index is 632. The van der Waals surface area contributed by atoms with Crippen molar-refractivity contribution >= 4 is 27.6 Å². The van der Waals surface area contributed by atoms with Gasteiger partial charge in [-0.25, -0.2) is 8.42 Å². The fourth-order valence-corrected chi connectivity index (χ4v) is 4.94. The van der Waals surface area contributed by atoms with Crippen molar-refractivity contribution < 1.29 is 8.42 Å². The Hall–Kier alpha value is -1.01. The summed E-state index contributed by atoms with van der Waals surface area (Å²) < 4.78 is 26.6. The van der Waals surface area contributed by atoms with E-state index in [1.807, 2.05) is 17.8 Å². The second kappa shape index (κ2) is 4.52. The maximum Gasteiger partial charge on any atom is 0.263 e. The van der Waals surface area contributed by atoms with Crippen LogP contribution in [0.15, 0.2) is 34.2 Å². The summed E-state index contributed by atoms with van der Waals surface area (Å²) in [6.07, 6.45) is 2.36. The second-order valence-corrected chi connectivity index (χ2v) is 8.50. The molecule has 1 atom stereocenters. The molecular weight excluding hydrogens is 280 g/mol. The van der Waals surface area contributed by atoms with Crippen molar-refractivity contribution in [2.24, 2.45) is 4.99 Å². The molecule has 1 saturated heterocycles. The number of benzene rings is 1. The molecule has 0 amide bonds. The normalized spacial score (nSPS) is 30.3. The van der Waals surface area contributed by atoms with Gasteiger partial charge in [-0.05, 0) is 37.7 Å². The molecule has 2 heterocycles. The Morgan fingerprint density at radius 1 is 1.42 bits per heavy atom. The van der Waals surface area contributed by atoms with Gasteiger partial charge in [-0.2, -0.15) is 11.8 Å². The maximum atomic E-state index is 11.9. The minimum atomic E-state index is -3.41. The summed E-state index contributed by atoms with van der Waals surface area (Å²) in [7, 11) is -3.41. The zero-order valence-electron chi connectivity index (χ0n) is 10.7.